The van der Waals surface area contributed by atoms with E-state index in [1.807, 2.05) is 17.1 Å². The molecular weight excluding hydrogens is 289 g/mol. The van der Waals surface area contributed by atoms with Crippen LogP contribution < -0.4 is 5.01 Å². The molecule has 5 heteroatoms. The third-order valence-corrected chi connectivity index (χ3v) is 3.41. The van der Waals surface area contributed by atoms with Gasteiger partial charge in [0.25, 0.3) is 0 Å². The zero-order chi connectivity index (χ0) is 11.7. The molecule has 0 aliphatic carbocycles. The van der Waals surface area contributed by atoms with E-state index < -0.39 is 0 Å². The van der Waals surface area contributed by atoms with Gasteiger partial charge >= 0.3 is 0 Å². The van der Waals surface area contributed by atoms with E-state index in [0.717, 1.165) is 16.9 Å². The van der Waals surface area contributed by atoms with Crippen molar-refractivity contribution < 1.29 is 0 Å². The molecule has 1 unspecified atom stereocenters. The largest absolute Gasteiger partial charge is 0.242 e. The number of hydrazone groups is 1. The Labute approximate surface area is 109 Å². The molecule has 0 bridgehead atoms. The Morgan fingerprint density at radius 2 is 2.31 bits per heavy atom. The summed E-state index contributed by atoms with van der Waals surface area (Å²) in [5.74, 6) is 1.23. The maximum atomic E-state index is 6.13. The average Bonchev–Trinajstić information content (AvgIpc) is 2.61. The minimum Gasteiger partial charge on any atom is -0.242 e. The van der Waals surface area contributed by atoms with Crippen molar-refractivity contribution in [1.82, 2.24) is 4.98 Å². The third kappa shape index (κ3) is 2.23. The van der Waals surface area contributed by atoms with Crippen LogP contribution in [0.15, 0.2) is 23.4 Å². The lowest BCUT2D eigenvalue weighted by molar-refractivity contribution is 0.488. The van der Waals surface area contributed by atoms with Gasteiger partial charge in [-0.2, -0.15) is 5.10 Å². The molecule has 0 spiro atoms. The van der Waals surface area contributed by atoms with Crippen molar-refractivity contribution in [2.75, 3.05) is 5.01 Å². The van der Waals surface area contributed by atoms with Crippen molar-refractivity contribution in [3.8, 4) is 0 Å². The molecule has 2 heterocycles. The molecule has 1 aromatic rings. The van der Waals surface area contributed by atoms with E-state index in [2.05, 4.69) is 39.9 Å². The van der Waals surface area contributed by atoms with Crippen LogP contribution in [0, 0.1) is 5.92 Å². The number of hydrogen-bond acceptors (Lipinski definition) is 3. The fraction of sp³-hybridized carbons (Fsp3) is 0.455. The molecule has 0 aromatic carbocycles. The van der Waals surface area contributed by atoms with Crippen molar-refractivity contribution in [2.45, 2.75) is 26.3 Å². The number of anilines is 1. The molecular formula is C11H13BrClN3. The van der Waals surface area contributed by atoms with Crippen molar-refractivity contribution in [1.29, 1.82) is 0 Å². The van der Waals surface area contributed by atoms with Crippen LogP contribution >= 0.6 is 27.5 Å². The number of nitrogens with zero attached hydrogens (tertiary/aromatic N) is 3. The first-order valence-corrected chi connectivity index (χ1v) is 6.39. The van der Waals surface area contributed by atoms with Crippen molar-refractivity contribution >= 4 is 38.0 Å². The SMILES string of the molecule is CC(C)C1CC(Br)=NN1c1ncccc1Cl. The summed E-state index contributed by atoms with van der Waals surface area (Å²) in [6.45, 7) is 4.35. The van der Waals surface area contributed by atoms with E-state index in [-0.39, 0.29) is 0 Å². The van der Waals surface area contributed by atoms with E-state index >= 15 is 0 Å². The maximum Gasteiger partial charge on any atom is 0.168 e. The van der Waals surface area contributed by atoms with Gasteiger partial charge in [0.15, 0.2) is 5.82 Å². The first kappa shape index (κ1) is 11.9. The summed E-state index contributed by atoms with van der Waals surface area (Å²) in [7, 11) is 0. The number of pyridine rings is 1. The van der Waals surface area contributed by atoms with Gasteiger partial charge in [0.05, 0.1) is 11.1 Å². The molecule has 0 saturated heterocycles. The number of halogens is 2. The number of aromatic nitrogens is 1. The monoisotopic (exact) mass is 301 g/mol. The predicted octanol–water partition coefficient (Wildman–Crippen LogP) is 3.68. The van der Waals surface area contributed by atoms with Gasteiger partial charge in [-0.1, -0.05) is 25.4 Å². The summed E-state index contributed by atoms with van der Waals surface area (Å²) in [6.07, 6.45) is 2.64. The van der Waals surface area contributed by atoms with Gasteiger partial charge in [-0.25, -0.2) is 9.99 Å². The fourth-order valence-corrected chi connectivity index (χ4v) is 2.47. The lowest BCUT2D eigenvalue weighted by Gasteiger charge is -2.25. The fourth-order valence-electron chi connectivity index (χ4n) is 1.76. The van der Waals surface area contributed by atoms with Crippen molar-refractivity contribution in [2.24, 2.45) is 11.0 Å². The summed E-state index contributed by atoms with van der Waals surface area (Å²) in [5.41, 5.74) is 0. The van der Waals surface area contributed by atoms with Gasteiger partial charge < -0.3 is 0 Å². The minimum absolute atomic E-state index is 0.321. The van der Waals surface area contributed by atoms with Gasteiger partial charge in [0.1, 0.15) is 4.62 Å². The summed E-state index contributed by atoms with van der Waals surface area (Å²) >= 11 is 9.58. The van der Waals surface area contributed by atoms with Crippen LogP contribution in [0.2, 0.25) is 5.02 Å². The van der Waals surface area contributed by atoms with E-state index in [1.165, 1.54) is 0 Å². The van der Waals surface area contributed by atoms with Crippen LogP contribution in [0.4, 0.5) is 5.82 Å². The molecule has 0 N–H and O–H groups in total. The Morgan fingerprint density at radius 1 is 1.56 bits per heavy atom. The zero-order valence-electron chi connectivity index (χ0n) is 9.19. The second-order valence-electron chi connectivity index (χ2n) is 4.15. The number of hydrogen-bond donors (Lipinski definition) is 0. The molecule has 0 radical (unpaired) electrons. The molecule has 0 fully saturated rings. The highest BCUT2D eigenvalue weighted by Gasteiger charge is 2.30. The Kier molecular flexibility index (Phi) is 3.50. The first-order valence-electron chi connectivity index (χ1n) is 5.22. The Hall–Kier alpha value is -0.610. The summed E-state index contributed by atoms with van der Waals surface area (Å²) < 4.78 is 0.952. The van der Waals surface area contributed by atoms with Crippen LogP contribution in [0.25, 0.3) is 0 Å². The van der Waals surface area contributed by atoms with Crippen LogP contribution in [0.1, 0.15) is 20.3 Å². The quantitative estimate of drug-likeness (QED) is 0.834. The normalized spacial score (nSPS) is 20.4. The van der Waals surface area contributed by atoms with Gasteiger partial charge in [-0.3, -0.25) is 0 Å². The highest BCUT2D eigenvalue weighted by atomic mass is 79.9. The van der Waals surface area contributed by atoms with E-state index in [9.17, 15) is 0 Å². The minimum atomic E-state index is 0.321. The highest BCUT2D eigenvalue weighted by molar-refractivity contribution is 9.18. The molecule has 1 aromatic heterocycles. The molecule has 0 saturated carbocycles. The highest BCUT2D eigenvalue weighted by Crippen LogP contribution is 2.32. The van der Waals surface area contributed by atoms with Gasteiger partial charge in [0.2, 0.25) is 0 Å². The van der Waals surface area contributed by atoms with E-state index in [4.69, 9.17) is 11.6 Å². The lowest BCUT2D eigenvalue weighted by Crippen LogP contribution is -2.31. The Bertz CT molecular complexity index is 419. The van der Waals surface area contributed by atoms with Crippen LogP contribution in [0.5, 0.6) is 0 Å². The Morgan fingerprint density at radius 3 is 2.94 bits per heavy atom. The molecule has 16 heavy (non-hydrogen) atoms. The molecule has 1 aliphatic rings. The zero-order valence-corrected chi connectivity index (χ0v) is 11.5. The molecule has 86 valence electrons. The van der Waals surface area contributed by atoms with Crippen molar-refractivity contribution in [3.05, 3.63) is 23.4 Å². The van der Waals surface area contributed by atoms with Gasteiger partial charge in [0, 0.05) is 12.6 Å². The summed E-state index contributed by atoms with van der Waals surface area (Å²) in [4.78, 5) is 4.29. The van der Waals surface area contributed by atoms with Gasteiger partial charge in [-0.15, -0.1) is 0 Å². The standard InChI is InChI=1S/C11H13BrClN3/c1-7(2)9-6-10(12)15-16(9)11-8(13)4-3-5-14-11/h3-5,7,9H,6H2,1-2H3. The molecule has 1 aliphatic heterocycles. The van der Waals surface area contributed by atoms with E-state index in [0.29, 0.717) is 17.0 Å². The molecule has 1 atom stereocenters. The first-order chi connectivity index (χ1) is 7.59. The molecule has 2 rings (SSSR count). The third-order valence-electron chi connectivity index (χ3n) is 2.63. The van der Waals surface area contributed by atoms with Gasteiger partial charge in [-0.05, 0) is 34.0 Å². The van der Waals surface area contributed by atoms with Crippen LogP contribution in [-0.4, -0.2) is 15.6 Å². The second kappa shape index (κ2) is 4.72. The average molecular weight is 303 g/mol. The number of rotatable bonds is 2. The second-order valence-corrected chi connectivity index (χ2v) is 5.47. The van der Waals surface area contributed by atoms with Crippen LogP contribution in [-0.2, 0) is 0 Å². The van der Waals surface area contributed by atoms with Crippen molar-refractivity contribution in [3.63, 3.8) is 0 Å². The Balaban J connectivity index is 2.35. The predicted molar refractivity (Wildman–Crippen MR) is 71.3 cm³/mol. The summed E-state index contributed by atoms with van der Waals surface area (Å²) in [6, 6.07) is 3.98. The maximum absolute atomic E-state index is 6.13. The van der Waals surface area contributed by atoms with E-state index in [1.54, 1.807) is 6.20 Å². The topological polar surface area (TPSA) is 28.5 Å². The molecule has 3 nitrogen and oxygen atoms in total. The summed E-state index contributed by atoms with van der Waals surface area (Å²) in [5, 5.41) is 6.99. The molecule has 0 amide bonds. The smallest absolute Gasteiger partial charge is 0.168 e. The lowest BCUT2D eigenvalue weighted by atomic mass is 10.0. The van der Waals surface area contributed by atoms with Crippen LogP contribution in [0.3, 0.4) is 0 Å².